The van der Waals surface area contributed by atoms with Crippen molar-refractivity contribution in [2.24, 2.45) is 0 Å². The van der Waals surface area contributed by atoms with Crippen LogP contribution in [0.4, 0.5) is 5.82 Å². The fourth-order valence-electron chi connectivity index (χ4n) is 1.80. The average molecular weight is 387 g/mol. The van der Waals surface area contributed by atoms with Crippen molar-refractivity contribution in [3.05, 3.63) is 29.3 Å². The first-order valence-electron chi connectivity index (χ1n) is 7.28. The van der Waals surface area contributed by atoms with Crippen LogP contribution in [0.2, 0.25) is 0 Å². The Morgan fingerprint density at radius 3 is 2.76 bits per heavy atom. The lowest BCUT2D eigenvalue weighted by Gasteiger charge is -2.15. The highest BCUT2D eigenvalue weighted by molar-refractivity contribution is 7.91. The maximum Gasteiger partial charge on any atom is 0.321 e. The smallest absolute Gasteiger partial charge is 0.321 e. The number of sulfonamides is 1. The van der Waals surface area contributed by atoms with Crippen LogP contribution < -0.4 is 10.0 Å². The summed E-state index contributed by atoms with van der Waals surface area (Å²) in [5.41, 5.74) is 0. The molecular weight excluding hydrogens is 370 g/mol. The highest BCUT2D eigenvalue weighted by atomic mass is 32.2. The first kappa shape index (κ1) is 19.1. The first-order valence-corrected chi connectivity index (χ1v) is 9.65. The Labute approximate surface area is 148 Å². The van der Waals surface area contributed by atoms with Gasteiger partial charge in [-0.1, -0.05) is 18.1 Å². The highest BCUT2D eigenvalue weighted by Gasteiger charge is 2.23. The van der Waals surface area contributed by atoms with Crippen molar-refractivity contribution in [3.8, 4) is 0 Å². The van der Waals surface area contributed by atoms with Crippen molar-refractivity contribution in [1.29, 1.82) is 0 Å². The van der Waals surface area contributed by atoms with Gasteiger partial charge in [-0.3, -0.25) is 9.59 Å². The molecule has 0 saturated heterocycles. The van der Waals surface area contributed by atoms with E-state index in [2.05, 4.69) is 15.2 Å². The zero-order valence-electron chi connectivity index (χ0n) is 13.5. The predicted molar refractivity (Wildman–Crippen MR) is 89.5 cm³/mol. The number of aromatic nitrogens is 1. The van der Waals surface area contributed by atoms with Gasteiger partial charge in [0.15, 0.2) is 11.9 Å². The molecule has 25 heavy (non-hydrogen) atoms. The maximum absolute atomic E-state index is 12.1. The summed E-state index contributed by atoms with van der Waals surface area (Å²) in [4.78, 5) is 23.9. The van der Waals surface area contributed by atoms with Crippen molar-refractivity contribution in [2.45, 2.75) is 30.6 Å². The lowest BCUT2D eigenvalue weighted by atomic mass is 10.2. The molecule has 0 fully saturated rings. The monoisotopic (exact) mass is 387 g/mol. The zero-order valence-corrected chi connectivity index (χ0v) is 15.1. The van der Waals surface area contributed by atoms with Gasteiger partial charge in [0.1, 0.15) is 16.5 Å². The van der Waals surface area contributed by atoms with E-state index in [1.807, 2.05) is 0 Å². The predicted octanol–water partition coefficient (Wildman–Crippen LogP) is 1.28. The number of aryl methyl sites for hydroxylation is 1. The first-order chi connectivity index (χ1) is 11.8. The molecule has 0 aromatic carbocycles. The molecule has 0 aliphatic carbocycles. The molecule has 0 saturated carbocycles. The molecule has 136 valence electrons. The summed E-state index contributed by atoms with van der Waals surface area (Å²) in [7, 11) is -3.78. The Morgan fingerprint density at radius 1 is 1.44 bits per heavy atom. The Balaban J connectivity index is 1.88. The molecule has 0 spiro atoms. The lowest BCUT2D eigenvalue weighted by Crippen LogP contribution is -2.36. The number of ether oxygens (including phenoxy) is 1. The molecule has 1 unspecified atom stereocenters. The van der Waals surface area contributed by atoms with E-state index >= 15 is 0 Å². The third-order valence-corrected chi connectivity index (χ3v) is 5.78. The summed E-state index contributed by atoms with van der Waals surface area (Å²) >= 11 is 1.03. The second kappa shape index (κ2) is 8.23. The summed E-state index contributed by atoms with van der Waals surface area (Å²) in [5.74, 6) is -0.720. The molecule has 2 N–H and O–H groups in total. The third-order valence-electron chi connectivity index (χ3n) is 2.98. The van der Waals surface area contributed by atoms with Crippen LogP contribution in [-0.2, 0) is 24.3 Å². The number of thiophene rings is 1. The normalized spacial score (nSPS) is 12.6. The Hall–Kier alpha value is -2.24. The molecule has 0 bridgehead atoms. The van der Waals surface area contributed by atoms with E-state index in [0.29, 0.717) is 5.76 Å². The lowest BCUT2D eigenvalue weighted by molar-refractivity contribution is -0.153. The topological polar surface area (TPSA) is 128 Å². The molecule has 2 heterocycles. The Kier molecular flexibility index (Phi) is 6.28. The zero-order chi connectivity index (χ0) is 18.4. The number of anilines is 1. The summed E-state index contributed by atoms with van der Waals surface area (Å²) in [6.45, 7) is 2.74. The molecule has 0 radical (unpaired) electrons. The average Bonchev–Trinajstić information content (AvgIpc) is 3.23. The van der Waals surface area contributed by atoms with E-state index < -0.39 is 34.5 Å². The van der Waals surface area contributed by atoms with Crippen molar-refractivity contribution in [2.75, 3.05) is 11.9 Å². The van der Waals surface area contributed by atoms with E-state index in [9.17, 15) is 18.0 Å². The van der Waals surface area contributed by atoms with E-state index in [-0.39, 0.29) is 16.4 Å². The van der Waals surface area contributed by atoms with Crippen LogP contribution >= 0.6 is 11.3 Å². The summed E-state index contributed by atoms with van der Waals surface area (Å²) in [5, 5.41) is 7.67. The Bertz CT molecular complexity index is 829. The van der Waals surface area contributed by atoms with Crippen LogP contribution in [0.1, 0.15) is 19.1 Å². The quantitative estimate of drug-likeness (QED) is 0.653. The number of hydrogen-bond donors (Lipinski definition) is 2. The van der Waals surface area contributed by atoms with Gasteiger partial charge in [-0.05, 0) is 24.8 Å². The van der Waals surface area contributed by atoms with Crippen molar-refractivity contribution < 1.29 is 27.3 Å². The van der Waals surface area contributed by atoms with Gasteiger partial charge < -0.3 is 14.6 Å². The van der Waals surface area contributed by atoms with Crippen LogP contribution in [0.15, 0.2) is 32.3 Å². The van der Waals surface area contributed by atoms with E-state index in [0.717, 1.165) is 11.3 Å². The minimum atomic E-state index is -3.78. The standard InChI is InChI=1S/C14H17N3O6S2/c1-3-10(14(19)16-11-7-9(2)23-17-11)22-12(18)8-15-25(20,21)13-5-4-6-24-13/h4-7,10,15H,3,8H2,1-2H3,(H,16,17,19). The van der Waals surface area contributed by atoms with E-state index in [1.54, 1.807) is 25.3 Å². The van der Waals surface area contributed by atoms with Gasteiger partial charge in [0.25, 0.3) is 15.9 Å². The molecule has 2 aromatic heterocycles. The Morgan fingerprint density at radius 2 is 2.20 bits per heavy atom. The second-order valence-corrected chi connectivity index (χ2v) is 7.90. The highest BCUT2D eigenvalue weighted by Crippen LogP contribution is 2.15. The fraction of sp³-hybridized carbons (Fsp3) is 0.357. The summed E-state index contributed by atoms with van der Waals surface area (Å²) in [6.07, 6.45) is -0.859. The molecule has 9 nitrogen and oxygen atoms in total. The van der Waals surface area contributed by atoms with Gasteiger partial charge in [0.05, 0.1) is 0 Å². The van der Waals surface area contributed by atoms with Gasteiger partial charge in [-0.2, -0.15) is 4.72 Å². The SMILES string of the molecule is CCC(OC(=O)CNS(=O)(=O)c1cccs1)C(=O)Nc1cc(C)on1. The molecule has 1 atom stereocenters. The van der Waals surface area contributed by atoms with Gasteiger partial charge in [-0.25, -0.2) is 8.42 Å². The van der Waals surface area contributed by atoms with Gasteiger partial charge in [0.2, 0.25) is 0 Å². The van der Waals surface area contributed by atoms with Crippen LogP contribution in [0.5, 0.6) is 0 Å². The summed E-state index contributed by atoms with van der Waals surface area (Å²) in [6, 6.07) is 4.52. The minimum absolute atomic E-state index is 0.0893. The van der Waals surface area contributed by atoms with Crippen LogP contribution in [0, 0.1) is 6.92 Å². The molecule has 2 rings (SSSR count). The van der Waals surface area contributed by atoms with Crippen LogP contribution in [-0.4, -0.2) is 38.1 Å². The molecular formula is C14H17N3O6S2. The number of carbonyl (C=O) groups is 2. The van der Waals surface area contributed by atoms with Crippen LogP contribution in [0.25, 0.3) is 0 Å². The van der Waals surface area contributed by atoms with Crippen molar-refractivity contribution in [3.63, 3.8) is 0 Å². The van der Waals surface area contributed by atoms with E-state index in [4.69, 9.17) is 9.26 Å². The maximum atomic E-state index is 12.1. The van der Waals surface area contributed by atoms with Gasteiger partial charge in [0, 0.05) is 6.07 Å². The third kappa shape index (κ3) is 5.37. The number of esters is 1. The van der Waals surface area contributed by atoms with E-state index in [1.165, 1.54) is 12.1 Å². The number of nitrogens with zero attached hydrogens (tertiary/aromatic N) is 1. The van der Waals surface area contributed by atoms with Crippen LogP contribution in [0.3, 0.4) is 0 Å². The molecule has 11 heteroatoms. The molecule has 2 aromatic rings. The number of carbonyl (C=O) groups excluding carboxylic acids is 2. The molecule has 0 aliphatic heterocycles. The summed E-state index contributed by atoms with van der Waals surface area (Å²) < 4.78 is 35.9. The second-order valence-electron chi connectivity index (χ2n) is 4.96. The van der Waals surface area contributed by atoms with Crippen molar-refractivity contribution >= 4 is 39.1 Å². The number of nitrogens with one attached hydrogen (secondary N) is 2. The largest absolute Gasteiger partial charge is 0.451 e. The van der Waals surface area contributed by atoms with Crippen molar-refractivity contribution in [1.82, 2.24) is 9.88 Å². The molecule has 0 aliphatic rings. The van der Waals surface area contributed by atoms with Gasteiger partial charge in [-0.15, -0.1) is 11.3 Å². The van der Waals surface area contributed by atoms with Gasteiger partial charge >= 0.3 is 5.97 Å². The number of amides is 1. The number of hydrogen-bond acceptors (Lipinski definition) is 8. The minimum Gasteiger partial charge on any atom is -0.451 e. The fourth-order valence-corrected chi connectivity index (χ4v) is 3.80. The molecule has 1 amide bonds. The number of rotatable bonds is 8.